The maximum Gasteiger partial charge on any atom is 0.133 e. The molecule has 0 bridgehead atoms. The van der Waals surface area contributed by atoms with Crippen LogP contribution in [-0.2, 0) is 11.2 Å². The number of aromatic amines is 1. The van der Waals surface area contributed by atoms with E-state index in [0.717, 1.165) is 30.8 Å². The van der Waals surface area contributed by atoms with Crippen molar-refractivity contribution in [1.82, 2.24) is 9.88 Å². The summed E-state index contributed by atoms with van der Waals surface area (Å²) in [5, 5.41) is 1.29. The van der Waals surface area contributed by atoms with Gasteiger partial charge in [-0.15, -0.1) is 12.4 Å². The quantitative estimate of drug-likeness (QED) is 0.925. The topological polar surface area (TPSA) is 45.3 Å². The molecule has 2 unspecified atom stereocenters. The van der Waals surface area contributed by atoms with Crippen LogP contribution in [0.2, 0.25) is 0 Å². The lowest BCUT2D eigenvalue weighted by Gasteiger charge is -2.34. The molecule has 0 amide bonds. The predicted molar refractivity (Wildman–Crippen MR) is 95.6 cm³/mol. The van der Waals surface area contributed by atoms with Gasteiger partial charge in [-0.3, -0.25) is 9.69 Å². The Labute approximate surface area is 143 Å². The fraction of sp³-hybridized carbons (Fsp3) is 0.500. The van der Waals surface area contributed by atoms with Crippen molar-refractivity contribution in [1.29, 1.82) is 0 Å². The fourth-order valence-electron chi connectivity index (χ4n) is 3.37. The van der Waals surface area contributed by atoms with E-state index < -0.39 is 0 Å². The summed E-state index contributed by atoms with van der Waals surface area (Å²) in [5.41, 5.74) is 3.83. The van der Waals surface area contributed by atoms with Gasteiger partial charge in [-0.25, -0.2) is 0 Å². The number of rotatable bonds is 4. The van der Waals surface area contributed by atoms with E-state index in [0.29, 0.717) is 6.04 Å². The smallest absolute Gasteiger partial charge is 0.133 e. The van der Waals surface area contributed by atoms with Crippen LogP contribution in [0, 0.1) is 5.92 Å². The first-order valence-electron chi connectivity index (χ1n) is 7.94. The van der Waals surface area contributed by atoms with E-state index in [1.54, 1.807) is 14.0 Å². The number of ether oxygens (including phenoxy) is 1. The highest BCUT2D eigenvalue weighted by atomic mass is 35.5. The Morgan fingerprint density at radius 3 is 2.87 bits per heavy atom. The van der Waals surface area contributed by atoms with Gasteiger partial charge in [0.15, 0.2) is 0 Å². The molecule has 3 rings (SSSR count). The number of hydrogen-bond donors (Lipinski definition) is 1. The summed E-state index contributed by atoms with van der Waals surface area (Å²) < 4.78 is 5.31. The van der Waals surface area contributed by atoms with Crippen molar-refractivity contribution in [3.05, 3.63) is 29.5 Å². The van der Waals surface area contributed by atoms with Gasteiger partial charge in [0, 0.05) is 47.7 Å². The monoisotopic (exact) mass is 336 g/mol. The number of ketones is 1. The second-order valence-electron chi connectivity index (χ2n) is 6.36. The molecule has 0 fully saturated rings. The lowest BCUT2D eigenvalue weighted by Crippen LogP contribution is -2.38. The molecule has 2 atom stereocenters. The zero-order valence-corrected chi connectivity index (χ0v) is 15.0. The number of carbonyl (C=O) groups is 1. The van der Waals surface area contributed by atoms with Gasteiger partial charge in [0.25, 0.3) is 0 Å². The van der Waals surface area contributed by atoms with Crippen molar-refractivity contribution in [2.75, 3.05) is 20.2 Å². The molecule has 1 aliphatic heterocycles. The van der Waals surface area contributed by atoms with Crippen LogP contribution in [0.15, 0.2) is 18.2 Å². The van der Waals surface area contributed by atoms with Crippen LogP contribution >= 0.6 is 12.4 Å². The minimum Gasteiger partial charge on any atom is -0.497 e. The zero-order valence-electron chi connectivity index (χ0n) is 14.2. The third-order valence-corrected chi connectivity index (χ3v) is 4.96. The van der Waals surface area contributed by atoms with Crippen LogP contribution < -0.4 is 4.74 Å². The van der Waals surface area contributed by atoms with E-state index in [2.05, 4.69) is 28.9 Å². The summed E-state index contributed by atoms with van der Waals surface area (Å²) in [5.74, 6) is 1.23. The van der Waals surface area contributed by atoms with Crippen molar-refractivity contribution in [2.45, 2.75) is 33.2 Å². The van der Waals surface area contributed by atoms with E-state index in [1.165, 1.54) is 16.6 Å². The molecule has 1 aromatic carbocycles. The number of aromatic nitrogens is 1. The molecule has 0 saturated carbocycles. The van der Waals surface area contributed by atoms with Crippen molar-refractivity contribution in [3.63, 3.8) is 0 Å². The highest BCUT2D eigenvalue weighted by Crippen LogP contribution is 2.35. The van der Waals surface area contributed by atoms with Gasteiger partial charge in [-0.1, -0.05) is 6.92 Å². The fourth-order valence-corrected chi connectivity index (χ4v) is 3.37. The Morgan fingerprint density at radius 1 is 1.48 bits per heavy atom. The van der Waals surface area contributed by atoms with Crippen LogP contribution in [0.4, 0.5) is 0 Å². The minimum absolute atomic E-state index is 0. The molecule has 1 N–H and O–H groups in total. The Bertz CT molecular complexity index is 710. The molecule has 2 aromatic rings. The number of nitrogens with one attached hydrogen (secondary N) is 1. The Morgan fingerprint density at radius 2 is 2.22 bits per heavy atom. The summed E-state index contributed by atoms with van der Waals surface area (Å²) in [6.07, 6.45) is 1.02. The number of hydrogen-bond acceptors (Lipinski definition) is 3. The number of carbonyl (C=O) groups excluding carboxylic acids is 1. The second-order valence-corrected chi connectivity index (χ2v) is 6.36. The number of halogens is 1. The largest absolute Gasteiger partial charge is 0.497 e. The van der Waals surface area contributed by atoms with E-state index >= 15 is 0 Å². The lowest BCUT2D eigenvalue weighted by atomic mass is 9.96. The van der Waals surface area contributed by atoms with Gasteiger partial charge in [0.1, 0.15) is 11.5 Å². The Kier molecular flexibility index (Phi) is 5.37. The van der Waals surface area contributed by atoms with E-state index in [1.807, 2.05) is 13.0 Å². The van der Waals surface area contributed by atoms with Crippen LogP contribution in [0.25, 0.3) is 10.9 Å². The molecule has 5 heteroatoms. The normalized spacial score (nSPS) is 19.0. The summed E-state index contributed by atoms with van der Waals surface area (Å²) in [4.78, 5) is 17.5. The third-order valence-electron chi connectivity index (χ3n) is 4.96. The summed E-state index contributed by atoms with van der Waals surface area (Å²) >= 11 is 0. The highest BCUT2D eigenvalue weighted by Gasteiger charge is 2.28. The number of nitrogens with zero attached hydrogens (tertiary/aromatic N) is 1. The average Bonchev–Trinajstić information content (AvgIpc) is 2.88. The number of H-pyrrole nitrogens is 1. The number of fused-ring (bicyclic) bond motifs is 3. The van der Waals surface area contributed by atoms with Crippen LogP contribution in [0.3, 0.4) is 0 Å². The van der Waals surface area contributed by atoms with Crippen molar-refractivity contribution in [3.8, 4) is 5.75 Å². The van der Waals surface area contributed by atoms with Gasteiger partial charge < -0.3 is 9.72 Å². The lowest BCUT2D eigenvalue weighted by molar-refractivity contribution is -0.121. The van der Waals surface area contributed by atoms with Gasteiger partial charge in [0.05, 0.1) is 7.11 Å². The molecular formula is C18H25ClN2O2. The van der Waals surface area contributed by atoms with Crippen LogP contribution in [-0.4, -0.2) is 35.9 Å². The molecule has 0 spiro atoms. The molecule has 0 saturated heterocycles. The number of benzene rings is 1. The first-order valence-corrected chi connectivity index (χ1v) is 7.94. The molecular weight excluding hydrogens is 312 g/mol. The molecule has 126 valence electrons. The van der Waals surface area contributed by atoms with Gasteiger partial charge in [0.2, 0.25) is 0 Å². The second kappa shape index (κ2) is 6.93. The zero-order chi connectivity index (χ0) is 15.9. The number of methoxy groups -OCH3 is 1. The maximum atomic E-state index is 11.5. The molecule has 2 heterocycles. The Hall–Kier alpha value is -1.52. The van der Waals surface area contributed by atoms with E-state index in [-0.39, 0.29) is 24.1 Å². The standard InChI is InChI=1S/C18H24N2O2.ClH/c1-11(13(3)21)10-20-8-7-16-15-6-5-14(22-4)9-17(15)19-18(16)12(20)2;/h5-6,9,11-12,19H,7-8,10H2,1-4H3;1H. The molecule has 0 radical (unpaired) electrons. The third kappa shape index (κ3) is 3.24. The van der Waals surface area contributed by atoms with Crippen molar-refractivity contribution < 1.29 is 9.53 Å². The first kappa shape index (κ1) is 17.8. The van der Waals surface area contributed by atoms with Gasteiger partial charge in [-0.2, -0.15) is 0 Å². The van der Waals surface area contributed by atoms with Crippen molar-refractivity contribution in [2.24, 2.45) is 5.92 Å². The minimum atomic E-state index is 0. The van der Waals surface area contributed by atoms with Gasteiger partial charge >= 0.3 is 0 Å². The van der Waals surface area contributed by atoms with E-state index in [4.69, 9.17) is 4.74 Å². The predicted octanol–water partition coefficient (Wildman–Crippen LogP) is 3.74. The summed E-state index contributed by atoms with van der Waals surface area (Å²) in [6.45, 7) is 7.75. The summed E-state index contributed by atoms with van der Waals surface area (Å²) in [6, 6.07) is 6.53. The van der Waals surface area contributed by atoms with Crippen LogP contribution in [0.1, 0.15) is 38.1 Å². The number of Topliss-reactive ketones (excluding diaryl/α,β-unsaturated/α-hetero) is 1. The average molecular weight is 337 g/mol. The Balaban J connectivity index is 0.00000192. The van der Waals surface area contributed by atoms with Gasteiger partial charge in [-0.05, 0) is 38.0 Å². The molecule has 4 nitrogen and oxygen atoms in total. The SMILES string of the molecule is COc1ccc2c3c([nH]c2c1)C(C)N(CC(C)C(C)=O)CC3.Cl. The molecule has 23 heavy (non-hydrogen) atoms. The maximum absolute atomic E-state index is 11.5. The molecule has 1 aliphatic rings. The van der Waals surface area contributed by atoms with E-state index in [9.17, 15) is 4.79 Å². The highest BCUT2D eigenvalue weighted by molar-refractivity contribution is 5.86. The van der Waals surface area contributed by atoms with Crippen molar-refractivity contribution >= 4 is 29.1 Å². The molecule has 0 aliphatic carbocycles. The summed E-state index contributed by atoms with van der Waals surface area (Å²) in [7, 11) is 1.69. The molecule has 1 aromatic heterocycles. The van der Waals surface area contributed by atoms with Crippen LogP contribution in [0.5, 0.6) is 5.75 Å². The first-order chi connectivity index (χ1) is 10.5.